The molecule has 0 saturated carbocycles. The molecule has 0 aliphatic heterocycles. The van der Waals surface area contributed by atoms with Crippen LogP contribution < -0.4 is 9.64 Å². The van der Waals surface area contributed by atoms with Crippen LogP contribution in [-0.2, 0) is 9.53 Å². The van der Waals surface area contributed by atoms with Crippen molar-refractivity contribution in [2.45, 2.75) is 6.92 Å². The summed E-state index contributed by atoms with van der Waals surface area (Å²) in [7, 11) is 0. The van der Waals surface area contributed by atoms with Crippen LogP contribution in [0.3, 0.4) is 0 Å². The molecule has 0 spiro atoms. The van der Waals surface area contributed by atoms with Crippen molar-refractivity contribution in [2.75, 3.05) is 24.6 Å². The molecule has 0 bridgehead atoms. The number of halogens is 1. The second-order valence-corrected chi connectivity index (χ2v) is 8.25. The first-order valence-corrected chi connectivity index (χ1v) is 11.8. The van der Waals surface area contributed by atoms with Crippen LogP contribution in [0.4, 0.5) is 17.1 Å². The van der Waals surface area contributed by atoms with Gasteiger partial charge >= 0.3 is 5.97 Å². The molecule has 4 rings (SSSR count). The molecule has 0 fully saturated rings. The van der Waals surface area contributed by atoms with Crippen molar-refractivity contribution in [1.82, 2.24) is 0 Å². The summed E-state index contributed by atoms with van der Waals surface area (Å²) >= 11 is 5.90. The summed E-state index contributed by atoms with van der Waals surface area (Å²) in [5.41, 5.74) is 2.51. The van der Waals surface area contributed by atoms with Gasteiger partial charge in [0.25, 0.3) is 0 Å². The van der Waals surface area contributed by atoms with Gasteiger partial charge in [-0.3, -0.25) is 4.79 Å². The Balaban J connectivity index is 1.28. The van der Waals surface area contributed by atoms with E-state index >= 15 is 0 Å². The van der Waals surface area contributed by atoms with Crippen LogP contribution in [0.5, 0.6) is 11.5 Å². The minimum Gasteiger partial charge on any atom is -0.463 e. The van der Waals surface area contributed by atoms with Crippen LogP contribution in [0.1, 0.15) is 6.92 Å². The van der Waals surface area contributed by atoms with Crippen LogP contribution in [-0.4, -0.2) is 25.7 Å². The van der Waals surface area contributed by atoms with Crippen molar-refractivity contribution in [3.63, 3.8) is 0 Å². The van der Waals surface area contributed by atoms with Gasteiger partial charge in [-0.15, -0.1) is 0 Å². The molecule has 178 valence electrons. The topological polar surface area (TPSA) is 63.5 Å². The number of hydrogen-bond donors (Lipinski definition) is 0. The van der Waals surface area contributed by atoms with E-state index in [0.717, 1.165) is 23.6 Å². The Bertz CT molecular complexity index is 1190. The molecule has 0 saturated heterocycles. The summed E-state index contributed by atoms with van der Waals surface area (Å²) in [6.45, 7) is 3.82. The van der Waals surface area contributed by atoms with Crippen LogP contribution in [0.2, 0.25) is 5.02 Å². The third-order valence-corrected chi connectivity index (χ3v) is 5.64. The first-order valence-electron chi connectivity index (χ1n) is 11.4. The Morgan fingerprint density at radius 3 is 1.97 bits per heavy atom. The van der Waals surface area contributed by atoms with E-state index in [1.807, 2.05) is 85.0 Å². The summed E-state index contributed by atoms with van der Waals surface area (Å²) in [5.74, 6) is 0.941. The van der Waals surface area contributed by atoms with Crippen LogP contribution in [0.15, 0.2) is 107 Å². The number of azo groups is 1. The zero-order valence-corrected chi connectivity index (χ0v) is 20.1. The average Bonchev–Trinajstić information content (AvgIpc) is 3.43. The minimum absolute atomic E-state index is 0.216. The van der Waals surface area contributed by atoms with Gasteiger partial charge in [-0.05, 0) is 79.7 Å². The highest BCUT2D eigenvalue weighted by Gasteiger charge is 2.16. The molecule has 0 amide bonds. The number of ether oxygens (including phenoxy) is 2. The van der Waals surface area contributed by atoms with Gasteiger partial charge in [0.15, 0.2) is 0 Å². The maximum atomic E-state index is 12.0. The number of rotatable bonds is 10. The van der Waals surface area contributed by atoms with E-state index in [2.05, 4.69) is 22.1 Å². The van der Waals surface area contributed by atoms with Crippen molar-refractivity contribution < 1.29 is 14.3 Å². The largest absolute Gasteiger partial charge is 0.463 e. The van der Waals surface area contributed by atoms with Crippen molar-refractivity contribution in [1.29, 1.82) is 0 Å². The SMILES string of the molecule is CCN(CCOC(=O)C1C=CC=C1)c1ccc(N=Nc2ccc(Oc3ccc(Cl)cc3)cc2)cc1. The summed E-state index contributed by atoms with van der Waals surface area (Å²) < 4.78 is 11.2. The number of carbonyl (C=O) groups excluding carboxylic acids is 1. The van der Waals surface area contributed by atoms with Crippen LogP contribution in [0.25, 0.3) is 0 Å². The molecule has 0 radical (unpaired) electrons. The van der Waals surface area contributed by atoms with Gasteiger partial charge < -0.3 is 14.4 Å². The lowest BCUT2D eigenvalue weighted by molar-refractivity contribution is -0.144. The number of hydrogen-bond acceptors (Lipinski definition) is 6. The highest BCUT2D eigenvalue weighted by Crippen LogP contribution is 2.27. The van der Waals surface area contributed by atoms with E-state index in [0.29, 0.717) is 29.7 Å². The Morgan fingerprint density at radius 1 is 0.857 bits per heavy atom. The summed E-state index contributed by atoms with van der Waals surface area (Å²) in [6, 6.07) is 22.4. The van der Waals surface area contributed by atoms with E-state index in [4.69, 9.17) is 21.1 Å². The summed E-state index contributed by atoms with van der Waals surface area (Å²) in [6.07, 6.45) is 7.37. The Hall–Kier alpha value is -3.90. The maximum absolute atomic E-state index is 12.0. The van der Waals surface area contributed by atoms with Crippen molar-refractivity contribution in [3.8, 4) is 11.5 Å². The maximum Gasteiger partial charge on any atom is 0.316 e. The molecule has 35 heavy (non-hydrogen) atoms. The fourth-order valence-electron chi connectivity index (χ4n) is 3.48. The molecule has 0 heterocycles. The number of esters is 1. The molecular weight excluding hydrogens is 462 g/mol. The lowest BCUT2D eigenvalue weighted by Gasteiger charge is -2.23. The number of carbonyl (C=O) groups is 1. The molecule has 7 heteroatoms. The van der Waals surface area contributed by atoms with Crippen LogP contribution >= 0.6 is 11.6 Å². The number of benzene rings is 3. The first kappa shape index (κ1) is 24.2. The van der Waals surface area contributed by atoms with Gasteiger partial charge in [0.05, 0.1) is 23.8 Å². The van der Waals surface area contributed by atoms with Gasteiger partial charge in [-0.1, -0.05) is 35.9 Å². The zero-order valence-electron chi connectivity index (χ0n) is 19.4. The lowest BCUT2D eigenvalue weighted by Crippen LogP contribution is -2.28. The Labute approximate surface area is 210 Å². The number of likely N-dealkylation sites (N-methyl/N-ethyl adjacent to an activating group) is 1. The number of nitrogens with zero attached hydrogens (tertiary/aromatic N) is 3. The summed E-state index contributed by atoms with van der Waals surface area (Å²) in [4.78, 5) is 14.2. The van der Waals surface area contributed by atoms with Gasteiger partial charge in [0.2, 0.25) is 0 Å². The highest BCUT2D eigenvalue weighted by atomic mass is 35.5. The second kappa shape index (κ2) is 12.0. The van der Waals surface area contributed by atoms with Crippen LogP contribution in [0, 0.1) is 5.92 Å². The fourth-order valence-corrected chi connectivity index (χ4v) is 3.60. The average molecular weight is 488 g/mol. The van der Waals surface area contributed by atoms with Gasteiger partial charge in [-0.2, -0.15) is 10.2 Å². The third kappa shape index (κ3) is 7.04. The van der Waals surface area contributed by atoms with Crippen molar-refractivity contribution in [3.05, 3.63) is 102 Å². The molecule has 1 aliphatic carbocycles. The molecule has 1 aliphatic rings. The predicted octanol–water partition coefficient (Wildman–Crippen LogP) is 7.66. The van der Waals surface area contributed by atoms with Crippen molar-refractivity contribution in [2.24, 2.45) is 16.1 Å². The van der Waals surface area contributed by atoms with E-state index in [9.17, 15) is 4.79 Å². The van der Waals surface area contributed by atoms with E-state index < -0.39 is 0 Å². The molecule has 3 aromatic carbocycles. The Morgan fingerprint density at radius 2 is 1.40 bits per heavy atom. The summed E-state index contributed by atoms with van der Waals surface area (Å²) in [5, 5.41) is 9.30. The molecule has 3 aromatic rings. The third-order valence-electron chi connectivity index (χ3n) is 5.39. The van der Waals surface area contributed by atoms with E-state index in [-0.39, 0.29) is 11.9 Å². The molecule has 6 nitrogen and oxygen atoms in total. The monoisotopic (exact) mass is 487 g/mol. The minimum atomic E-state index is -0.262. The zero-order chi connectivity index (χ0) is 24.5. The highest BCUT2D eigenvalue weighted by molar-refractivity contribution is 6.30. The first-order chi connectivity index (χ1) is 17.1. The van der Waals surface area contributed by atoms with E-state index in [1.54, 1.807) is 12.1 Å². The Kier molecular flexibility index (Phi) is 8.30. The fraction of sp³-hybridized carbons (Fsp3) is 0.179. The van der Waals surface area contributed by atoms with Gasteiger partial charge in [0, 0.05) is 17.3 Å². The molecular formula is C28H26ClN3O3. The van der Waals surface area contributed by atoms with Gasteiger partial charge in [0.1, 0.15) is 18.1 Å². The van der Waals surface area contributed by atoms with Gasteiger partial charge in [-0.25, -0.2) is 0 Å². The molecule has 0 atom stereocenters. The standard InChI is InChI=1S/C28H26ClN3O3/c1-2-32(19-20-34-28(33)21-5-3-4-6-21)25-13-9-23(10-14-25)30-31-24-11-17-27(18-12-24)35-26-15-7-22(29)8-16-26/h3-18,21H,2,19-20H2,1H3. The normalized spacial score (nSPS) is 12.9. The number of allylic oxidation sites excluding steroid dienone is 2. The number of anilines is 1. The molecule has 0 N–H and O–H groups in total. The smallest absolute Gasteiger partial charge is 0.316 e. The molecule has 0 unspecified atom stereocenters. The second-order valence-electron chi connectivity index (χ2n) is 7.81. The van der Waals surface area contributed by atoms with E-state index in [1.165, 1.54) is 0 Å². The lowest BCUT2D eigenvalue weighted by atomic mass is 10.2. The van der Waals surface area contributed by atoms with Crippen molar-refractivity contribution >= 4 is 34.6 Å². The molecule has 0 aromatic heterocycles. The predicted molar refractivity (Wildman–Crippen MR) is 139 cm³/mol. The quantitative estimate of drug-likeness (QED) is 0.217.